The fourth-order valence-corrected chi connectivity index (χ4v) is 6.45. The van der Waals surface area contributed by atoms with E-state index in [9.17, 15) is 19.2 Å². The van der Waals surface area contributed by atoms with E-state index in [-0.39, 0.29) is 35.7 Å². The first-order valence-corrected chi connectivity index (χ1v) is 16.1. The molecule has 0 bridgehead atoms. The second-order valence-corrected chi connectivity index (χ2v) is 11.8. The summed E-state index contributed by atoms with van der Waals surface area (Å²) < 4.78 is 5.22. The summed E-state index contributed by atoms with van der Waals surface area (Å²) in [5.74, 6) is -0.0729. The summed E-state index contributed by atoms with van der Waals surface area (Å²) in [6.45, 7) is 3.18. The zero-order valence-corrected chi connectivity index (χ0v) is 26.6. The van der Waals surface area contributed by atoms with Gasteiger partial charge in [-0.05, 0) is 88.1 Å². The molecule has 244 valence electrons. The number of carbonyl (C=O) groups excluding carboxylic acids is 4. The number of hydrogen-bond acceptors (Lipinski definition) is 6. The van der Waals surface area contributed by atoms with Crippen molar-refractivity contribution in [2.75, 3.05) is 33.8 Å². The molecule has 2 heterocycles. The monoisotopic (exact) mass is 620 g/mol. The molecule has 2 aliphatic heterocycles. The van der Waals surface area contributed by atoms with Crippen molar-refractivity contribution < 1.29 is 23.9 Å². The third-order valence-electron chi connectivity index (χ3n) is 8.92. The van der Waals surface area contributed by atoms with E-state index >= 15 is 0 Å². The van der Waals surface area contributed by atoms with E-state index in [1.165, 1.54) is 0 Å². The number of amides is 5. The summed E-state index contributed by atoms with van der Waals surface area (Å²) in [5.41, 5.74) is 2.08. The molecule has 2 aromatic carbocycles. The Hall–Kier alpha value is -4.12. The van der Waals surface area contributed by atoms with Crippen LogP contribution in [0.2, 0.25) is 0 Å². The van der Waals surface area contributed by atoms with Crippen molar-refractivity contribution in [3.05, 3.63) is 65.7 Å². The van der Waals surface area contributed by atoms with Gasteiger partial charge in [-0.2, -0.15) is 0 Å². The SMILES string of the molecule is CCNC(=O)NCC[C@H]1CC[C@H]2CC[C@@H](C(=O)NCCc3ccc(OC)cc3)N2C(=O)[C@H]1NC(=O)[C@@H](Cc1ccccc1)NC. The predicted molar refractivity (Wildman–Crippen MR) is 173 cm³/mol. The zero-order chi connectivity index (χ0) is 32.2. The number of nitrogens with zero attached hydrogens (tertiary/aromatic N) is 1. The summed E-state index contributed by atoms with van der Waals surface area (Å²) in [4.78, 5) is 55.2. The van der Waals surface area contributed by atoms with Gasteiger partial charge in [0, 0.05) is 25.7 Å². The molecule has 4 rings (SSSR count). The van der Waals surface area contributed by atoms with Crippen LogP contribution in [0.1, 0.15) is 50.2 Å². The highest BCUT2D eigenvalue weighted by molar-refractivity contribution is 5.94. The lowest BCUT2D eigenvalue weighted by Gasteiger charge is -2.33. The fourth-order valence-electron chi connectivity index (χ4n) is 6.45. The lowest BCUT2D eigenvalue weighted by atomic mass is 9.90. The highest BCUT2D eigenvalue weighted by Crippen LogP contribution is 2.35. The Labute approximate surface area is 266 Å². The number of rotatable bonds is 14. The van der Waals surface area contributed by atoms with E-state index < -0.39 is 18.1 Å². The van der Waals surface area contributed by atoms with Crippen molar-refractivity contribution in [3.63, 3.8) is 0 Å². The maximum Gasteiger partial charge on any atom is 0.314 e. The molecule has 0 spiro atoms. The Morgan fingerprint density at radius 2 is 1.64 bits per heavy atom. The Morgan fingerprint density at radius 3 is 2.33 bits per heavy atom. The maximum absolute atomic E-state index is 14.3. The molecule has 0 radical (unpaired) electrons. The van der Waals surface area contributed by atoms with Crippen molar-refractivity contribution in [1.29, 1.82) is 0 Å². The number of carbonyl (C=O) groups is 4. The lowest BCUT2D eigenvalue weighted by molar-refractivity contribution is -0.143. The largest absolute Gasteiger partial charge is 0.497 e. The Morgan fingerprint density at radius 1 is 0.911 bits per heavy atom. The topological polar surface area (TPSA) is 141 Å². The van der Waals surface area contributed by atoms with E-state index in [1.807, 2.05) is 61.5 Å². The second-order valence-electron chi connectivity index (χ2n) is 11.8. The third-order valence-corrected chi connectivity index (χ3v) is 8.92. The first-order chi connectivity index (χ1) is 21.8. The van der Waals surface area contributed by atoms with E-state index in [0.29, 0.717) is 51.7 Å². The van der Waals surface area contributed by atoms with Gasteiger partial charge in [-0.1, -0.05) is 42.5 Å². The van der Waals surface area contributed by atoms with Gasteiger partial charge in [0.05, 0.1) is 13.2 Å². The Kier molecular flexibility index (Phi) is 12.6. The molecule has 0 aliphatic carbocycles. The fraction of sp³-hybridized carbons (Fsp3) is 0.529. The van der Waals surface area contributed by atoms with Crippen molar-refractivity contribution in [2.45, 2.75) is 76.0 Å². The van der Waals surface area contributed by atoms with Crippen LogP contribution < -0.4 is 31.3 Å². The average molecular weight is 621 g/mol. The molecule has 0 saturated carbocycles. The molecule has 0 aromatic heterocycles. The summed E-state index contributed by atoms with van der Waals surface area (Å²) in [6, 6.07) is 15.2. The minimum absolute atomic E-state index is 0.0694. The van der Waals surface area contributed by atoms with Gasteiger partial charge >= 0.3 is 6.03 Å². The Balaban J connectivity index is 1.46. The van der Waals surface area contributed by atoms with E-state index in [4.69, 9.17) is 4.74 Å². The normalized spacial score (nSPS) is 21.7. The quantitative estimate of drug-likeness (QED) is 0.219. The minimum atomic E-state index is -0.808. The van der Waals surface area contributed by atoms with Gasteiger partial charge in [0.15, 0.2) is 0 Å². The molecule has 11 heteroatoms. The molecule has 2 aromatic rings. The number of methoxy groups -OCH3 is 1. The molecule has 5 amide bonds. The molecular weight excluding hydrogens is 572 g/mol. The minimum Gasteiger partial charge on any atom is -0.497 e. The highest BCUT2D eigenvalue weighted by atomic mass is 16.5. The van der Waals surface area contributed by atoms with Crippen LogP contribution in [0.3, 0.4) is 0 Å². The molecule has 5 atom stereocenters. The summed E-state index contributed by atoms with van der Waals surface area (Å²) in [7, 11) is 3.36. The van der Waals surface area contributed by atoms with Gasteiger partial charge in [0.25, 0.3) is 0 Å². The molecule has 2 aliphatic rings. The lowest BCUT2D eigenvalue weighted by Crippen LogP contribution is -2.58. The number of fused-ring (bicyclic) bond motifs is 1. The number of ether oxygens (including phenoxy) is 1. The second kappa shape index (κ2) is 16.8. The Bertz CT molecular complexity index is 1270. The number of nitrogens with one attached hydrogen (secondary N) is 5. The van der Waals surface area contributed by atoms with Crippen LogP contribution in [-0.2, 0) is 27.2 Å². The van der Waals surface area contributed by atoms with E-state index in [1.54, 1.807) is 19.1 Å². The van der Waals surface area contributed by atoms with Crippen molar-refractivity contribution in [2.24, 2.45) is 5.92 Å². The number of likely N-dealkylation sites (N-methyl/N-ethyl adjacent to an activating group) is 1. The smallest absolute Gasteiger partial charge is 0.314 e. The van der Waals surface area contributed by atoms with Gasteiger partial charge in [-0.15, -0.1) is 0 Å². The van der Waals surface area contributed by atoms with Gasteiger partial charge < -0.3 is 36.2 Å². The van der Waals surface area contributed by atoms with Gasteiger partial charge in [0.1, 0.15) is 17.8 Å². The van der Waals surface area contributed by atoms with Crippen molar-refractivity contribution in [3.8, 4) is 5.75 Å². The van der Waals surface area contributed by atoms with Crippen molar-refractivity contribution in [1.82, 2.24) is 31.5 Å². The number of urea groups is 1. The van der Waals surface area contributed by atoms with Crippen molar-refractivity contribution >= 4 is 23.8 Å². The van der Waals surface area contributed by atoms with E-state index in [2.05, 4.69) is 26.6 Å². The molecule has 2 saturated heterocycles. The van der Waals surface area contributed by atoms with Crippen LogP contribution in [0, 0.1) is 5.92 Å². The van der Waals surface area contributed by atoms with E-state index in [0.717, 1.165) is 29.7 Å². The van der Waals surface area contributed by atoms with Crippen LogP contribution >= 0.6 is 0 Å². The molecule has 11 nitrogen and oxygen atoms in total. The predicted octanol–water partition coefficient (Wildman–Crippen LogP) is 2.15. The highest BCUT2D eigenvalue weighted by Gasteiger charge is 2.47. The van der Waals surface area contributed by atoms with Crippen LogP contribution in [0.15, 0.2) is 54.6 Å². The first kappa shape index (κ1) is 33.8. The molecule has 2 fully saturated rings. The van der Waals surface area contributed by atoms with Crippen LogP contribution in [-0.4, -0.2) is 86.6 Å². The third kappa shape index (κ3) is 9.20. The maximum atomic E-state index is 14.3. The molecule has 45 heavy (non-hydrogen) atoms. The zero-order valence-electron chi connectivity index (χ0n) is 26.6. The van der Waals surface area contributed by atoms with Crippen LogP contribution in [0.5, 0.6) is 5.75 Å². The van der Waals surface area contributed by atoms with Crippen LogP contribution in [0.25, 0.3) is 0 Å². The summed E-state index contributed by atoms with van der Waals surface area (Å²) in [5, 5.41) is 14.8. The summed E-state index contributed by atoms with van der Waals surface area (Å²) >= 11 is 0. The number of benzene rings is 2. The average Bonchev–Trinajstić information content (AvgIpc) is 3.44. The van der Waals surface area contributed by atoms with Gasteiger partial charge in [-0.3, -0.25) is 14.4 Å². The van der Waals surface area contributed by atoms with Gasteiger partial charge in [-0.25, -0.2) is 4.79 Å². The summed E-state index contributed by atoms with van der Waals surface area (Å²) in [6.07, 6.45) is 4.41. The van der Waals surface area contributed by atoms with Crippen LogP contribution in [0.4, 0.5) is 4.79 Å². The molecular formula is C34H48N6O5. The molecule has 0 unspecified atom stereocenters. The van der Waals surface area contributed by atoms with Gasteiger partial charge in [0.2, 0.25) is 17.7 Å². The number of hydrogen-bond donors (Lipinski definition) is 5. The molecule has 5 N–H and O–H groups in total. The first-order valence-electron chi connectivity index (χ1n) is 16.1. The standard InChI is InChI=1S/C34H48N6O5/c1-4-36-34(44)38-21-19-25-12-13-26-14-17-29(32(42)37-20-18-23-10-15-27(45-3)16-11-23)40(26)33(43)30(25)39-31(41)28(35-2)22-24-8-6-5-7-9-24/h5-11,15-16,25-26,28-30,35H,4,12-14,17-22H2,1-3H3,(H,37,42)(H,39,41)(H2,36,38,44)/t25-,26+,28-,29+,30+/m1/s1.